The summed E-state index contributed by atoms with van der Waals surface area (Å²) in [5, 5.41) is 5.35. The summed E-state index contributed by atoms with van der Waals surface area (Å²) in [5.41, 5.74) is 1.62. The second kappa shape index (κ2) is 11.4. The van der Waals surface area contributed by atoms with E-state index in [1.165, 1.54) is 25.5 Å². The standard InChI is InChI=1S/C23H23FN4O4/c1-25-23(30)20-14-19(8-11-26-20)32-18-4-2-3-16(13-18)7-10-27-22(29)17-5-6-21(28-15-17)31-12-9-24/h2-6,8,11,13-15H,7,9-10,12H2,1H3,(H,25,30)(H,27,29). The molecule has 2 aromatic heterocycles. The molecule has 0 saturated heterocycles. The van der Waals surface area contributed by atoms with E-state index < -0.39 is 6.67 Å². The number of aromatic nitrogens is 2. The van der Waals surface area contributed by atoms with Crippen LogP contribution in [0.2, 0.25) is 0 Å². The minimum Gasteiger partial charge on any atom is -0.475 e. The fourth-order valence-corrected chi connectivity index (χ4v) is 2.79. The normalized spacial score (nSPS) is 10.3. The SMILES string of the molecule is CNC(=O)c1cc(Oc2cccc(CCNC(=O)c3ccc(OCCF)nc3)c2)ccn1. The van der Waals surface area contributed by atoms with Crippen LogP contribution in [0.15, 0.2) is 60.9 Å². The Labute approximate surface area is 184 Å². The molecule has 1 aromatic carbocycles. The van der Waals surface area contributed by atoms with Crippen molar-refractivity contribution in [2.45, 2.75) is 6.42 Å². The fraction of sp³-hybridized carbons (Fsp3) is 0.217. The van der Waals surface area contributed by atoms with Gasteiger partial charge in [-0.05, 0) is 36.2 Å². The summed E-state index contributed by atoms with van der Waals surface area (Å²) in [6.45, 7) is -0.258. The molecule has 166 valence electrons. The molecule has 0 saturated carbocycles. The summed E-state index contributed by atoms with van der Waals surface area (Å²) >= 11 is 0. The molecule has 0 atom stereocenters. The highest BCUT2D eigenvalue weighted by Crippen LogP contribution is 2.22. The second-order valence-electron chi connectivity index (χ2n) is 6.63. The van der Waals surface area contributed by atoms with E-state index in [4.69, 9.17) is 9.47 Å². The van der Waals surface area contributed by atoms with Gasteiger partial charge in [0.1, 0.15) is 30.5 Å². The maximum absolute atomic E-state index is 12.3. The summed E-state index contributed by atoms with van der Waals surface area (Å²) in [7, 11) is 1.54. The number of nitrogens with zero attached hydrogens (tertiary/aromatic N) is 2. The van der Waals surface area contributed by atoms with Crippen LogP contribution in [0.5, 0.6) is 17.4 Å². The molecule has 3 rings (SSSR count). The Morgan fingerprint density at radius 3 is 2.62 bits per heavy atom. The number of rotatable bonds is 10. The number of pyridine rings is 2. The van der Waals surface area contributed by atoms with Crippen molar-refractivity contribution in [3.05, 3.63) is 77.7 Å². The average Bonchev–Trinajstić information content (AvgIpc) is 2.83. The van der Waals surface area contributed by atoms with E-state index in [0.29, 0.717) is 30.0 Å². The van der Waals surface area contributed by atoms with Crippen LogP contribution in [0.1, 0.15) is 26.4 Å². The first kappa shape index (κ1) is 22.7. The monoisotopic (exact) mass is 438 g/mol. The van der Waals surface area contributed by atoms with Crippen molar-refractivity contribution in [1.29, 1.82) is 0 Å². The third-order valence-electron chi connectivity index (χ3n) is 4.35. The third-order valence-corrected chi connectivity index (χ3v) is 4.35. The molecule has 32 heavy (non-hydrogen) atoms. The van der Waals surface area contributed by atoms with Crippen LogP contribution < -0.4 is 20.1 Å². The molecule has 0 bridgehead atoms. The number of nitrogens with one attached hydrogen (secondary N) is 2. The Balaban J connectivity index is 1.53. The Bertz CT molecular complexity index is 1060. The van der Waals surface area contributed by atoms with Gasteiger partial charge in [-0.2, -0.15) is 0 Å². The van der Waals surface area contributed by atoms with Gasteiger partial charge < -0.3 is 20.1 Å². The number of hydrogen-bond donors (Lipinski definition) is 2. The number of halogens is 1. The largest absolute Gasteiger partial charge is 0.475 e. The van der Waals surface area contributed by atoms with Crippen molar-refractivity contribution in [2.24, 2.45) is 0 Å². The van der Waals surface area contributed by atoms with E-state index in [2.05, 4.69) is 20.6 Å². The molecule has 8 nitrogen and oxygen atoms in total. The van der Waals surface area contributed by atoms with Gasteiger partial charge in [0.2, 0.25) is 5.88 Å². The average molecular weight is 438 g/mol. The molecule has 0 aliphatic rings. The Hall–Kier alpha value is -4.01. The van der Waals surface area contributed by atoms with Gasteiger partial charge in [-0.25, -0.2) is 9.37 Å². The van der Waals surface area contributed by atoms with Crippen molar-refractivity contribution < 1.29 is 23.5 Å². The molecule has 2 heterocycles. The van der Waals surface area contributed by atoms with Crippen LogP contribution >= 0.6 is 0 Å². The summed E-state index contributed by atoms with van der Waals surface area (Å²) < 4.78 is 23.0. The van der Waals surface area contributed by atoms with Crippen molar-refractivity contribution in [3.63, 3.8) is 0 Å². The highest BCUT2D eigenvalue weighted by Gasteiger charge is 2.08. The number of benzene rings is 1. The van der Waals surface area contributed by atoms with E-state index in [-0.39, 0.29) is 30.0 Å². The van der Waals surface area contributed by atoms with Crippen LogP contribution in [-0.2, 0) is 6.42 Å². The zero-order chi connectivity index (χ0) is 22.8. The highest BCUT2D eigenvalue weighted by atomic mass is 19.1. The van der Waals surface area contributed by atoms with Gasteiger partial charge in [0.05, 0.1) is 5.56 Å². The lowest BCUT2D eigenvalue weighted by Crippen LogP contribution is -2.25. The molecular formula is C23H23FN4O4. The zero-order valence-electron chi connectivity index (χ0n) is 17.5. The first-order valence-corrected chi connectivity index (χ1v) is 9.97. The molecule has 0 aliphatic carbocycles. The third kappa shape index (κ3) is 6.49. The van der Waals surface area contributed by atoms with E-state index in [1.54, 1.807) is 24.3 Å². The van der Waals surface area contributed by atoms with E-state index in [1.807, 2.05) is 18.2 Å². The van der Waals surface area contributed by atoms with Gasteiger partial charge in [0.15, 0.2) is 0 Å². The molecule has 2 N–H and O–H groups in total. The van der Waals surface area contributed by atoms with Gasteiger partial charge in [0.25, 0.3) is 11.8 Å². The Morgan fingerprint density at radius 1 is 1.03 bits per heavy atom. The van der Waals surface area contributed by atoms with E-state index >= 15 is 0 Å². The number of hydrogen-bond acceptors (Lipinski definition) is 6. The zero-order valence-corrected chi connectivity index (χ0v) is 17.5. The maximum Gasteiger partial charge on any atom is 0.269 e. The Morgan fingerprint density at radius 2 is 1.88 bits per heavy atom. The molecule has 2 amide bonds. The molecule has 9 heteroatoms. The minimum absolute atomic E-state index is 0.0717. The molecule has 0 aliphatic heterocycles. The molecule has 0 spiro atoms. The molecule has 0 radical (unpaired) electrons. The molecular weight excluding hydrogens is 415 g/mol. The van der Waals surface area contributed by atoms with E-state index in [0.717, 1.165) is 5.56 Å². The topological polar surface area (TPSA) is 102 Å². The van der Waals surface area contributed by atoms with Crippen molar-refractivity contribution >= 4 is 11.8 Å². The van der Waals surface area contributed by atoms with Gasteiger partial charge in [-0.1, -0.05) is 12.1 Å². The first-order chi connectivity index (χ1) is 15.6. The summed E-state index contributed by atoms with van der Waals surface area (Å²) in [5.74, 6) is 0.816. The predicted molar refractivity (Wildman–Crippen MR) is 116 cm³/mol. The molecule has 0 unspecified atom stereocenters. The minimum atomic E-state index is -0.601. The van der Waals surface area contributed by atoms with Crippen molar-refractivity contribution in [3.8, 4) is 17.4 Å². The van der Waals surface area contributed by atoms with Gasteiger partial charge in [-0.15, -0.1) is 0 Å². The number of carbonyl (C=O) groups excluding carboxylic acids is 2. The van der Waals surface area contributed by atoms with Crippen LogP contribution in [-0.4, -0.2) is 48.7 Å². The van der Waals surface area contributed by atoms with Crippen molar-refractivity contribution in [2.75, 3.05) is 26.9 Å². The number of carbonyl (C=O) groups is 2. The lowest BCUT2D eigenvalue weighted by atomic mass is 10.1. The van der Waals surface area contributed by atoms with E-state index in [9.17, 15) is 14.0 Å². The lowest BCUT2D eigenvalue weighted by Gasteiger charge is -2.09. The number of amides is 2. The molecule has 0 fully saturated rings. The quantitative estimate of drug-likeness (QED) is 0.505. The fourth-order valence-electron chi connectivity index (χ4n) is 2.79. The number of alkyl halides is 1. The van der Waals surface area contributed by atoms with Gasteiger partial charge in [0, 0.05) is 38.1 Å². The summed E-state index contributed by atoms with van der Waals surface area (Å²) in [6, 6.07) is 13.8. The van der Waals surface area contributed by atoms with Crippen LogP contribution in [0.25, 0.3) is 0 Å². The smallest absolute Gasteiger partial charge is 0.269 e. The summed E-state index contributed by atoms with van der Waals surface area (Å²) in [4.78, 5) is 32.0. The lowest BCUT2D eigenvalue weighted by molar-refractivity contribution is 0.0947. The predicted octanol–water partition coefficient (Wildman–Crippen LogP) is 2.95. The van der Waals surface area contributed by atoms with Crippen LogP contribution in [0, 0.1) is 0 Å². The first-order valence-electron chi connectivity index (χ1n) is 9.97. The van der Waals surface area contributed by atoms with Crippen LogP contribution in [0.3, 0.4) is 0 Å². The number of ether oxygens (including phenoxy) is 2. The summed E-state index contributed by atoms with van der Waals surface area (Å²) in [6.07, 6.45) is 3.49. The van der Waals surface area contributed by atoms with Gasteiger partial charge >= 0.3 is 0 Å². The second-order valence-corrected chi connectivity index (χ2v) is 6.63. The highest BCUT2D eigenvalue weighted by molar-refractivity contribution is 5.94. The van der Waals surface area contributed by atoms with Crippen LogP contribution in [0.4, 0.5) is 4.39 Å². The maximum atomic E-state index is 12.3. The van der Waals surface area contributed by atoms with Gasteiger partial charge in [-0.3, -0.25) is 14.6 Å². The Kier molecular flexibility index (Phi) is 8.08. The molecule has 3 aromatic rings. The van der Waals surface area contributed by atoms with Crippen molar-refractivity contribution in [1.82, 2.24) is 20.6 Å².